The van der Waals surface area contributed by atoms with E-state index in [0.717, 1.165) is 36.6 Å². The van der Waals surface area contributed by atoms with Gasteiger partial charge in [0.15, 0.2) is 21.3 Å². The Morgan fingerprint density at radius 2 is 1.59 bits per heavy atom. The first-order valence-corrected chi connectivity index (χ1v) is 31.2. The van der Waals surface area contributed by atoms with E-state index >= 15 is 8.78 Å². The zero-order valence-electron chi connectivity index (χ0n) is 45.5. The first kappa shape index (κ1) is 66.3. The summed E-state index contributed by atoms with van der Waals surface area (Å²) in [5.74, 6) is -13.4. The summed E-state index contributed by atoms with van der Waals surface area (Å²) in [6.07, 6.45) is -14.5. The van der Waals surface area contributed by atoms with E-state index in [9.17, 15) is 85.9 Å². The number of carbonyl (C=O) groups is 4. The van der Waals surface area contributed by atoms with Crippen molar-refractivity contribution in [2.75, 3.05) is 43.2 Å². The number of amides is 4. The highest BCUT2D eigenvalue weighted by molar-refractivity contribution is 7.93. The van der Waals surface area contributed by atoms with E-state index in [4.69, 9.17) is 21.4 Å². The molecule has 1 aliphatic heterocycles. The van der Waals surface area contributed by atoms with Gasteiger partial charge >= 0.3 is 38.3 Å². The van der Waals surface area contributed by atoms with Gasteiger partial charge in [0.1, 0.15) is 37.0 Å². The number of urea groups is 1. The van der Waals surface area contributed by atoms with Crippen LogP contribution >= 0.6 is 19.4 Å². The Morgan fingerprint density at radius 3 is 2.17 bits per heavy atom. The number of phosphoric acid groups is 1. The lowest BCUT2D eigenvalue weighted by Gasteiger charge is -2.32. The standard InChI is InChI=1S/C49H51ClF10N9O15PS2/c1-46(2,86(3,79)80)10-9-26-5-6-29(39(61-26)34(13-23-11-24(51)14-25(52)12-23)62-35(71)19-67-42-37(41(63-67)49(58,59)60)31-16-32(31)48(42,56)57)30-7-8-33(50)38-40(30)68(21-47(53,54)55)64-43(38)69(87(4,81)82)44(74)66-18-28(70)15-27(66)17-65(20-36(72)73)45(75)83-22-84-85(76,77)78/h5-8,11-12,14,27-28,31-32,34,70H,9-10,13,15-22H2,1-4H3,(H,62,71)(H,72,73)(H2,76,77,78)/t27-,28+,31-,32?,34-/m0/s1. The SMILES string of the molecule is CC(C)(CCc1ccc(-c2ccc(Cl)c3c(N(C(=O)N4C[C@H](O)C[C@H]4CN(CC(=O)O)C(=O)OCOP(=O)(O)O)S(C)(=O)=O)nn(CC(F)(F)F)c23)c([C@H](Cc2cc(F)cc(F)c2)NC(=O)Cn2nc(C(F)(F)F)c3c2C(F)(F)C2C[C@H]32)n1)S(C)(=O)=O. The van der Waals surface area contributed by atoms with Crippen LogP contribution in [0.3, 0.4) is 0 Å². The Bertz CT molecular complexity index is 3850. The molecule has 0 radical (unpaired) electrons. The van der Waals surface area contributed by atoms with Crippen LogP contribution in [0.15, 0.2) is 42.5 Å². The van der Waals surface area contributed by atoms with Gasteiger partial charge in [0, 0.05) is 53.7 Å². The van der Waals surface area contributed by atoms with Crippen LogP contribution in [-0.2, 0) is 81.3 Å². The lowest BCUT2D eigenvalue weighted by atomic mass is 9.93. The molecule has 4 amide bonds. The predicted octanol–water partition coefficient (Wildman–Crippen LogP) is 6.78. The normalized spacial score (nSPS) is 19.0. The van der Waals surface area contributed by atoms with Crippen molar-refractivity contribution in [1.82, 2.24) is 39.7 Å². The van der Waals surface area contributed by atoms with Crippen LogP contribution in [0.4, 0.5) is 59.3 Å². The maximum absolute atomic E-state index is 15.7. The van der Waals surface area contributed by atoms with Crippen LogP contribution in [0.25, 0.3) is 22.0 Å². The number of carboxylic acid groups (broad SMARTS) is 1. The number of aliphatic carboxylic acids is 1. The quantitative estimate of drug-likeness (QED) is 0.0287. The first-order chi connectivity index (χ1) is 40.0. The highest BCUT2D eigenvalue weighted by Crippen LogP contribution is 2.68. The highest BCUT2D eigenvalue weighted by atomic mass is 35.5. The van der Waals surface area contributed by atoms with Gasteiger partial charge in [-0.3, -0.25) is 28.8 Å². The third kappa shape index (κ3) is 14.6. The average Bonchev–Trinajstić information content (AvgIpc) is 1.52. The molecule has 5 N–H and O–H groups in total. The number of carbonyl (C=O) groups excluding carboxylic acids is 3. The summed E-state index contributed by atoms with van der Waals surface area (Å²) in [4.78, 5) is 77.6. The van der Waals surface area contributed by atoms with Gasteiger partial charge in [0.2, 0.25) is 22.7 Å². The lowest BCUT2D eigenvalue weighted by Crippen LogP contribution is -2.52. The Hall–Kier alpha value is -6.69. The minimum atomic E-state index is -5.29. The van der Waals surface area contributed by atoms with Gasteiger partial charge in [0.25, 0.3) is 5.92 Å². The Labute approximate surface area is 491 Å². The number of likely N-dealkylation sites (tertiary alicyclic amines) is 1. The molecular weight excluding hydrogens is 1280 g/mol. The molecule has 5 aromatic rings. The first-order valence-electron chi connectivity index (χ1n) is 25.5. The van der Waals surface area contributed by atoms with Crippen molar-refractivity contribution in [2.24, 2.45) is 5.92 Å². The molecule has 1 saturated carbocycles. The van der Waals surface area contributed by atoms with E-state index in [1.54, 1.807) is 0 Å². The number of nitrogens with one attached hydrogen (secondary N) is 1. The summed E-state index contributed by atoms with van der Waals surface area (Å²) in [6.45, 7) is -5.20. The molecular formula is C49H51ClF10N9O15PS2. The van der Waals surface area contributed by atoms with Gasteiger partial charge in [-0.05, 0) is 81.7 Å². The molecule has 0 spiro atoms. The molecule has 0 bridgehead atoms. The summed E-state index contributed by atoms with van der Waals surface area (Å²) < 4.78 is 221. The lowest BCUT2D eigenvalue weighted by molar-refractivity contribution is -0.143. The number of pyridine rings is 1. The number of nitrogens with zero attached hydrogens (tertiary/aromatic N) is 8. The highest BCUT2D eigenvalue weighted by Gasteiger charge is 2.68. The molecule has 4 heterocycles. The summed E-state index contributed by atoms with van der Waals surface area (Å²) in [5, 5.41) is 28.8. The summed E-state index contributed by atoms with van der Waals surface area (Å²) in [7, 11) is -14.3. The number of aliphatic hydroxyl groups excluding tert-OH is 1. The molecule has 3 aromatic heterocycles. The van der Waals surface area contributed by atoms with E-state index in [2.05, 4.69) is 29.8 Å². The average molecular weight is 1330 g/mol. The Balaban J connectivity index is 1.30. The number of β-amino-alcohol motifs (C(OH)–C–C–N with tert-alkyl or cyclic N) is 1. The van der Waals surface area contributed by atoms with Gasteiger partial charge < -0.3 is 35.0 Å². The molecule has 1 saturated heterocycles. The molecule has 87 heavy (non-hydrogen) atoms. The molecule has 3 aliphatic rings. The zero-order chi connectivity index (χ0) is 64.6. The van der Waals surface area contributed by atoms with Crippen molar-refractivity contribution < 1.29 is 114 Å². The zero-order valence-corrected chi connectivity index (χ0v) is 48.8. The second-order valence-electron chi connectivity index (χ2n) is 21.5. The van der Waals surface area contributed by atoms with E-state index in [1.807, 2.05) is 0 Å². The number of benzene rings is 2. The van der Waals surface area contributed by atoms with E-state index < -0.39 is 219 Å². The summed E-state index contributed by atoms with van der Waals surface area (Å²) >= 11 is 6.75. The van der Waals surface area contributed by atoms with Crippen LogP contribution < -0.4 is 9.62 Å². The number of hydrogen-bond donors (Lipinski definition) is 5. The molecule has 8 rings (SSSR count). The van der Waals surface area contributed by atoms with Crippen LogP contribution in [-0.4, -0.2) is 157 Å². The van der Waals surface area contributed by atoms with Gasteiger partial charge in [-0.2, -0.15) is 49.6 Å². The number of halogens is 11. The number of sulfonamides is 1. The number of ether oxygens (including phenoxy) is 1. The number of alkyl halides is 8. The molecule has 476 valence electrons. The van der Waals surface area contributed by atoms with Crippen LogP contribution in [0.1, 0.15) is 79.0 Å². The molecule has 2 fully saturated rings. The monoisotopic (exact) mass is 1330 g/mol. The van der Waals surface area contributed by atoms with Gasteiger partial charge in [0.05, 0.1) is 50.8 Å². The number of rotatable bonds is 21. The molecule has 24 nitrogen and oxygen atoms in total. The number of fused-ring (bicyclic) bond motifs is 4. The van der Waals surface area contributed by atoms with Crippen LogP contribution in [0.5, 0.6) is 0 Å². The van der Waals surface area contributed by atoms with E-state index in [0.29, 0.717) is 22.1 Å². The van der Waals surface area contributed by atoms with Gasteiger partial charge in [-0.1, -0.05) is 23.7 Å². The maximum atomic E-state index is 15.7. The number of aryl methyl sites for hydroxylation is 1. The fourth-order valence-electron chi connectivity index (χ4n) is 10.5. The van der Waals surface area contributed by atoms with Crippen molar-refractivity contribution in [1.29, 1.82) is 0 Å². The molecule has 1 unspecified atom stereocenters. The van der Waals surface area contributed by atoms with Gasteiger partial charge in [-0.25, -0.2) is 44.3 Å². The fraction of sp³-hybridized carbons (Fsp3) is 0.490. The number of sulfone groups is 1. The summed E-state index contributed by atoms with van der Waals surface area (Å²) in [6, 6.07) is 1.26. The fourth-order valence-corrected chi connectivity index (χ4v) is 12.2. The van der Waals surface area contributed by atoms with Crippen molar-refractivity contribution in [3.63, 3.8) is 0 Å². The molecule has 38 heteroatoms. The van der Waals surface area contributed by atoms with Crippen molar-refractivity contribution in [3.8, 4) is 11.1 Å². The molecule has 2 aromatic carbocycles. The number of hydrogen-bond acceptors (Lipinski definition) is 15. The second-order valence-corrected chi connectivity index (χ2v) is 27.7. The Morgan fingerprint density at radius 1 is 0.943 bits per heavy atom. The second kappa shape index (κ2) is 23.7. The largest absolute Gasteiger partial charge is 0.480 e. The van der Waals surface area contributed by atoms with Crippen molar-refractivity contribution in [3.05, 3.63) is 93.0 Å². The minimum Gasteiger partial charge on any atom is -0.480 e. The Kier molecular flexibility index (Phi) is 18.0. The number of aliphatic hydroxyl groups is 1. The summed E-state index contributed by atoms with van der Waals surface area (Å²) in [5.41, 5.74) is -6.13. The van der Waals surface area contributed by atoms with Crippen LogP contribution in [0, 0.1) is 17.6 Å². The third-order valence-electron chi connectivity index (χ3n) is 14.7. The number of carboxylic acids is 1. The third-order valence-corrected chi connectivity index (χ3v) is 18.6. The number of phosphoric ester groups is 1. The van der Waals surface area contributed by atoms with Crippen molar-refractivity contribution >= 4 is 80.0 Å². The smallest absolute Gasteiger partial charge is 0.472 e. The van der Waals surface area contributed by atoms with Crippen LogP contribution in [0.2, 0.25) is 5.02 Å². The predicted molar refractivity (Wildman–Crippen MR) is 282 cm³/mol. The maximum Gasteiger partial charge on any atom is 0.472 e. The number of aromatic nitrogens is 5. The minimum absolute atomic E-state index is 0.0377. The topological polar surface area (TPSA) is 323 Å². The molecule has 2 aliphatic carbocycles. The number of anilines is 1. The van der Waals surface area contributed by atoms with E-state index in [-0.39, 0.29) is 49.8 Å². The van der Waals surface area contributed by atoms with E-state index in [1.165, 1.54) is 19.9 Å². The van der Waals surface area contributed by atoms with Gasteiger partial charge in [-0.15, -0.1) is 0 Å². The molecule has 5 atom stereocenters. The van der Waals surface area contributed by atoms with Crippen molar-refractivity contribution in [2.45, 2.75) is 106 Å².